The van der Waals surface area contributed by atoms with E-state index >= 15 is 0 Å². The molecule has 0 bridgehead atoms. The Morgan fingerprint density at radius 2 is 2.39 bits per heavy atom. The van der Waals surface area contributed by atoms with Gasteiger partial charge in [0.25, 0.3) is 0 Å². The van der Waals surface area contributed by atoms with Crippen LogP contribution in [-0.2, 0) is 4.79 Å². The van der Waals surface area contributed by atoms with Crippen LogP contribution >= 0.6 is 11.6 Å². The van der Waals surface area contributed by atoms with Crippen molar-refractivity contribution in [3.63, 3.8) is 0 Å². The van der Waals surface area contributed by atoms with Gasteiger partial charge in [-0.2, -0.15) is 0 Å². The standard InChI is InChI=1S/C13H17ClN2O2/c1-18-12-5-4-10(14)7-11(12)16-13(17)9-3-2-6-15-8-9/h4-5,7,9,15H,2-3,6,8H2,1H3,(H,16,17). The third kappa shape index (κ3) is 3.15. The molecule has 0 aromatic heterocycles. The first-order chi connectivity index (χ1) is 8.70. The van der Waals surface area contributed by atoms with Gasteiger partial charge in [0.1, 0.15) is 5.75 Å². The zero-order chi connectivity index (χ0) is 13.0. The second-order valence-electron chi connectivity index (χ2n) is 4.38. The Morgan fingerprint density at radius 1 is 1.56 bits per heavy atom. The molecule has 1 saturated heterocycles. The molecule has 5 heteroatoms. The number of carbonyl (C=O) groups is 1. The summed E-state index contributed by atoms with van der Waals surface area (Å²) in [5.74, 6) is 0.654. The summed E-state index contributed by atoms with van der Waals surface area (Å²) < 4.78 is 5.20. The van der Waals surface area contributed by atoms with E-state index in [1.807, 2.05) is 0 Å². The Bertz CT molecular complexity index is 431. The Kier molecular flexibility index (Phi) is 4.44. The third-order valence-corrected chi connectivity index (χ3v) is 3.32. The topological polar surface area (TPSA) is 50.4 Å². The molecule has 0 spiro atoms. The minimum Gasteiger partial charge on any atom is -0.495 e. The van der Waals surface area contributed by atoms with E-state index in [1.165, 1.54) is 0 Å². The number of hydrogen-bond acceptors (Lipinski definition) is 3. The van der Waals surface area contributed by atoms with Gasteiger partial charge in [-0.25, -0.2) is 0 Å². The molecule has 4 nitrogen and oxygen atoms in total. The monoisotopic (exact) mass is 268 g/mol. The number of piperidine rings is 1. The highest BCUT2D eigenvalue weighted by Crippen LogP contribution is 2.28. The van der Waals surface area contributed by atoms with Crippen LogP contribution in [0.5, 0.6) is 5.75 Å². The zero-order valence-corrected chi connectivity index (χ0v) is 11.1. The van der Waals surface area contributed by atoms with Crippen LogP contribution in [0.25, 0.3) is 0 Å². The zero-order valence-electron chi connectivity index (χ0n) is 10.3. The highest BCUT2D eigenvalue weighted by atomic mass is 35.5. The second-order valence-corrected chi connectivity index (χ2v) is 4.81. The highest BCUT2D eigenvalue weighted by molar-refractivity contribution is 6.31. The van der Waals surface area contributed by atoms with Gasteiger partial charge in [0, 0.05) is 11.6 Å². The van der Waals surface area contributed by atoms with Crippen molar-refractivity contribution in [1.29, 1.82) is 0 Å². The van der Waals surface area contributed by atoms with Crippen LogP contribution in [-0.4, -0.2) is 26.1 Å². The fourth-order valence-corrected chi connectivity index (χ4v) is 2.26. The van der Waals surface area contributed by atoms with Gasteiger partial charge in [0.15, 0.2) is 0 Å². The Labute approximate surface area is 112 Å². The molecule has 0 aliphatic carbocycles. The van der Waals surface area contributed by atoms with Crippen molar-refractivity contribution in [3.8, 4) is 5.75 Å². The SMILES string of the molecule is COc1ccc(Cl)cc1NC(=O)C1CCCNC1. The number of anilines is 1. The maximum atomic E-state index is 12.1. The number of benzene rings is 1. The number of methoxy groups -OCH3 is 1. The van der Waals surface area contributed by atoms with Gasteiger partial charge in [-0.3, -0.25) is 4.79 Å². The van der Waals surface area contributed by atoms with E-state index in [-0.39, 0.29) is 11.8 Å². The van der Waals surface area contributed by atoms with E-state index in [2.05, 4.69) is 10.6 Å². The Balaban J connectivity index is 2.07. The number of amides is 1. The van der Waals surface area contributed by atoms with Crippen molar-refractivity contribution in [3.05, 3.63) is 23.2 Å². The first kappa shape index (κ1) is 13.2. The van der Waals surface area contributed by atoms with Crippen LogP contribution < -0.4 is 15.4 Å². The maximum absolute atomic E-state index is 12.1. The lowest BCUT2D eigenvalue weighted by molar-refractivity contribution is -0.120. The smallest absolute Gasteiger partial charge is 0.228 e. The first-order valence-corrected chi connectivity index (χ1v) is 6.43. The fraction of sp³-hybridized carbons (Fsp3) is 0.462. The lowest BCUT2D eigenvalue weighted by Crippen LogP contribution is -2.37. The Hall–Kier alpha value is -1.26. The predicted octanol–water partition coefficient (Wildman–Crippen LogP) is 2.29. The van der Waals surface area contributed by atoms with E-state index in [1.54, 1.807) is 25.3 Å². The number of halogens is 1. The number of rotatable bonds is 3. The van der Waals surface area contributed by atoms with Gasteiger partial charge in [0.05, 0.1) is 18.7 Å². The minimum atomic E-state index is 0.0161. The van der Waals surface area contributed by atoms with Crippen LogP contribution in [0.2, 0.25) is 5.02 Å². The average Bonchev–Trinajstić information content (AvgIpc) is 2.40. The predicted molar refractivity (Wildman–Crippen MR) is 72.2 cm³/mol. The molecule has 1 unspecified atom stereocenters. The van der Waals surface area contributed by atoms with Crippen LogP contribution in [0.4, 0.5) is 5.69 Å². The van der Waals surface area contributed by atoms with E-state index in [0.717, 1.165) is 25.9 Å². The lowest BCUT2D eigenvalue weighted by Gasteiger charge is -2.22. The van der Waals surface area contributed by atoms with Crippen LogP contribution in [0.1, 0.15) is 12.8 Å². The number of hydrogen-bond donors (Lipinski definition) is 2. The normalized spacial score (nSPS) is 19.3. The van der Waals surface area contributed by atoms with E-state index in [0.29, 0.717) is 16.5 Å². The quantitative estimate of drug-likeness (QED) is 0.884. The summed E-state index contributed by atoms with van der Waals surface area (Å²) in [4.78, 5) is 12.1. The Morgan fingerprint density at radius 3 is 3.06 bits per heavy atom. The fourth-order valence-electron chi connectivity index (χ4n) is 2.09. The van der Waals surface area contributed by atoms with Crippen molar-refractivity contribution in [2.45, 2.75) is 12.8 Å². The van der Waals surface area contributed by atoms with Gasteiger partial charge in [-0.05, 0) is 37.6 Å². The molecule has 98 valence electrons. The second kappa shape index (κ2) is 6.07. The lowest BCUT2D eigenvalue weighted by atomic mass is 9.99. The van der Waals surface area contributed by atoms with Gasteiger partial charge < -0.3 is 15.4 Å². The number of nitrogens with one attached hydrogen (secondary N) is 2. The molecular weight excluding hydrogens is 252 g/mol. The number of carbonyl (C=O) groups excluding carboxylic acids is 1. The van der Waals surface area contributed by atoms with Gasteiger partial charge in [-0.15, -0.1) is 0 Å². The van der Waals surface area contributed by atoms with Crippen molar-refractivity contribution >= 4 is 23.2 Å². The summed E-state index contributed by atoms with van der Waals surface area (Å²) in [6.45, 7) is 1.72. The van der Waals surface area contributed by atoms with E-state index in [9.17, 15) is 4.79 Å². The summed E-state index contributed by atoms with van der Waals surface area (Å²) in [5.41, 5.74) is 0.626. The summed E-state index contributed by atoms with van der Waals surface area (Å²) in [6, 6.07) is 5.18. The van der Waals surface area contributed by atoms with Crippen molar-refractivity contribution in [1.82, 2.24) is 5.32 Å². The summed E-state index contributed by atoms with van der Waals surface area (Å²) >= 11 is 5.92. The molecule has 2 N–H and O–H groups in total. The van der Waals surface area contributed by atoms with Crippen molar-refractivity contribution in [2.24, 2.45) is 5.92 Å². The summed E-state index contributed by atoms with van der Waals surface area (Å²) in [6.07, 6.45) is 1.95. The summed E-state index contributed by atoms with van der Waals surface area (Å²) in [7, 11) is 1.57. The molecule has 0 radical (unpaired) electrons. The summed E-state index contributed by atoms with van der Waals surface area (Å²) in [5, 5.41) is 6.68. The largest absolute Gasteiger partial charge is 0.495 e. The molecule has 1 aromatic carbocycles. The van der Waals surface area contributed by atoms with Crippen LogP contribution in [0.15, 0.2) is 18.2 Å². The van der Waals surface area contributed by atoms with Crippen molar-refractivity contribution in [2.75, 3.05) is 25.5 Å². The van der Waals surface area contributed by atoms with Gasteiger partial charge >= 0.3 is 0 Å². The molecule has 1 fully saturated rings. The van der Waals surface area contributed by atoms with Crippen LogP contribution in [0, 0.1) is 5.92 Å². The molecule has 1 aliphatic rings. The van der Waals surface area contributed by atoms with Gasteiger partial charge in [-0.1, -0.05) is 11.6 Å². The molecule has 1 amide bonds. The highest BCUT2D eigenvalue weighted by Gasteiger charge is 2.21. The van der Waals surface area contributed by atoms with Crippen LogP contribution in [0.3, 0.4) is 0 Å². The number of ether oxygens (including phenoxy) is 1. The van der Waals surface area contributed by atoms with E-state index < -0.39 is 0 Å². The molecule has 0 saturated carbocycles. The molecule has 1 aliphatic heterocycles. The molecule has 2 rings (SSSR count). The molecule has 18 heavy (non-hydrogen) atoms. The average molecular weight is 269 g/mol. The molecular formula is C13H17ClN2O2. The van der Waals surface area contributed by atoms with E-state index in [4.69, 9.17) is 16.3 Å². The van der Waals surface area contributed by atoms with Gasteiger partial charge in [0.2, 0.25) is 5.91 Å². The molecule has 1 heterocycles. The minimum absolute atomic E-state index is 0.0161. The third-order valence-electron chi connectivity index (χ3n) is 3.09. The molecule has 1 aromatic rings. The first-order valence-electron chi connectivity index (χ1n) is 6.06. The van der Waals surface area contributed by atoms with Crippen molar-refractivity contribution < 1.29 is 9.53 Å². The maximum Gasteiger partial charge on any atom is 0.228 e. The molecule has 1 atom stereocenters.